The second-order valence-electron chi connectivity index (χ2n) is 7.58. The van der Waals surface area contributed by atoms with E-state index >= 15 is 0 Å². The van der Waals surface area contributed by atoms with E-state index in [1.165, 1.54) is 35.2 Å². The van der Waals surface area contributed by atoms with Gasteiger partial charge in [-0.25, -0.2) is 0 Å². The summed E-state index contributed by atoms with van der Waals surface area (Å²) in [7, 11) is 1.58. The highest BCUT2D eigenvalue weighted by Crippen LogP contribution is 2.23. The maximum absolute atomic E-state index is 12.6. The molecule has 1 unspecified atom stereocenters. The Morgan fingerprint density at radius 2 is 2.16 bits per heavy atom. The predicted octanol–water partition coefficient (Wildman–Crippen LogP) is 3.21. The Hall–Kier alpha value is -2.24. The molecular weight excluding hydrogens is 452 g/mol. The molecule has 174 valence electrons. The van der Waals surface area contributed by atoms with Crippen LogP contribution in [0.5, 0.6) is 0 Å². The zero-order chi connectivity index (χ0) is 23.1. The Kier molecular flexibility index (Phi) is 8.83. The Bertz CT molecular complexity index is 1050. The zero-order valence-electron chi connectivity index (χ0n) is 18.3. The summed E-state index contributed by atoms with van der Waals surface area (Å²) in [5.41, 5.74) is 0.760. The van der Waals surface area contributed by atoms with Gasteiger partial charge in [-0.15, -0.1) is 11.8 Å². The number of rotatable bonds is 9. The highest BCUT2D eigenvalue weighted by molar-refractivity contribution is 8.00. The number of piperidine rings is 1. The molecule has 2 aromatic rings. The number of ether oxygens (including phenoxy) is 1. The first-order valence-corrected chi connectivity index (χ1v) is 12.6. The number of thioether (sulfide) groups is 1. The van der Waals surface area contributed by atoms with Gasteiger partial charge in [0.2, 0.25) is 5.91 Å². The van der Waals surface area contributed by atoms with Gasteiger partial charge < -0.3 is 14.2 Å². The summed E-state index contributed by atoms with van der Waals surface area (Å²) in [6, 6.07) is 4.90. The van der Waals surface area contributed by atoms with Crippen LogP contribution >= 0.6 is 23.1 Å². The smallest absolute Gasteiger partial charge is 0.270 e. The first-order chi connectivity index (χ1) is 15.4. The molecule has 2 heterocycles. The lowest BCUT2D eigenvalue weighted by molar-refractivity contribution is -0.384. The lowest BCUT2D eigenvalue weighted by Crippen LogP contribution is -2.44. The van der Waals surface area contributed by atoms with E-state index in [4.69, 9.17) is 4.74 Å². The van der Waals surface area contributed by atoms with E-state index in [0.717, 1.165) is 37.7 Å². The van der Waals surface area contributed by atoms with Crippen molar-refractivity contribution < 1.29 is 19.2 Å². The van der Waals surface area contributed by atoms with Crippen molar-refractivity contribution in [1.82, 2.24) is 9.47 Å². The van der Waals surface area contributed by atoms with Crippen molar-refractivity contribution in [2.24, 2.45) is 4.99 Å². The Morgan fingerprint density at radius 1 is 1.34 bits per heavy atom. The maximum atomic E-state index is 12.6. The number of carbonyl (C=O) groups is 2. The molecule has 0 aliphatic carbocycles. The van der Waals surface area contributed by atoms with Crippen LogP contribution in [0, 0.1) is 10.1 Å². The van der Waals surface area contributed by atoms with Gasteiger partial charge in [-0.3, -0.25) is 19.7 Å². The molecule has 11 heteroatoms. The number of carbonyl (C=O) groups excluding carboxylic acids is 2. The molecular formula is C21H28N4O5S2. The fourth-order valence-corrected chi connectivity index (χ4v) is 5.65. The van der Waals surface area contributed by atoms with E-state index in [2.05, 4.69) is 11.9 Å². The fraction of sp³-hybridized carbons (Fsp3) is 0.571. The molecule has 0 radical (unpaired) electrons. The normalized spacial score (nSPS) is 17.1. The summed E-state index contributed by atoms with van der Waals surface area (Å²) >= 11 is 2.51. The van der Waals surface area contributed by atoms with Crippen LogP contribution in [0.2, 0.25) is 0 Å². The summed E-state index contributed by atoms with van der Waals surface area (Å²) in [5, 5.41) is 11.1. The number of aromatic nitrogens is 1. The number of nitrogens with zero attached hydrogens (tertiary/aromatic N) is 4. The van der Waals surface area contributed by atoms with Gasteiger partial charge in [0.15, 0.2) is 4.80 Å². The number of thiazole rings is 1. The van der Waals surface area contributed by atoms with Crippen LogP contribution in [-0.2, 0) is 20.9 Å². The first kappa shape index (κ1) is 24.4. The highest BCUT2D eigenvalue weighted by atomic mass is 32.2. The van der Waals surface area contributed by atoms with Crippen LogP contribution in [0.1, 0.15) is 32.6 Å². The van der Waals surface area contributed by atoms with E-state index in [9.17, 15) is 19.7 Å². The van der Waals surface area contributed by atoms with E-state index in [-0.39, 0.29) is 29.0 Å². The number of nitro benzene ring substituents is 1. The van der Waals surface area contributed by atoms with Crippen LogP contribution in [0.15, 0.2) is 23.2 Å². The molecule has 1 aromatic heterocycles. The van der Waals surface area contributed by atoms with Crippen molar-refractivity contribution >= 4 is 50.8 Å². The fourth-order valence-electron chi connectivity index (χ4n) is 3.86. The number of non-ortho nitro benzene ring substituents is 1. The monoisotopic (exact) mass is 480 g/mol. The number of hydrogen-bond donors (Lipinski definition) is 0. The average Bonchev–Trinajstić information content (AvgIpc) is 3.13. The molecule has 0 bridgehead atoms. The van der Waals surface area contributed by atoms with Crippen molar-refractivity contribution in [2.75, 3.05) is 31.8 Å². The van der Waals surface area contributed by atoms with Gasteiger partial charge >= 0.3 is 0 Å². The van der Waals surface area contributed by atoms with Crippen LogP contribution in [0.3, 0.4) is 0 Å². The van der Waals surface area contributed by atoms with Crippen LogP contribution < -0.4 is 4.80 Å². The Balaban J connectivity index is 1.70. The predicted molar refractivity (Wildman–Crippen MR) is 126 cm³/mol. The molecule has 2 amide bonds. The molecule has 1 aliphatic rings. The largest absolute Gasteiger partial charge is 0.383 e. The Morgan fingerprint density at radius 3 is 2.88 bits per heavy atom. The number of benzene rings is 1. The summed E-state index contributed by atoms with van der Waals surface area (Å²) in [5.74, 6) is 0.120. The number of hydrogen-bond acceptors (Lipinski definition) is 7. The molecule has 1 fully saturated rings. The Labute approximate surface area is 194 Å². The number of amides is 2. The molecule has 9 nitrogen and oxygen atoms in total. The van der Waals surface area contributed by atoms with Gasteiger partial charge in [-0.05, 0) is 31.7 Å². The molecule has 0 saturated carbocycles. The minimum atomic E-state index is -0.445. The van der Waals surface area contributed by atoms with Crippen molar-refractivity contribution in [2.45, 2.75) is 45.2 Å². The molecule has 0 spiro atoms. The van der Waals surface area contributed by atoms with Gasteiger partial charge in [0.1, 0.15) is 0 Å². The SMILES string of the molecule is CCC1CCCCN1C(=O)CSCC(=O)N=c1sc2cc([N+](=O)[O-])ccc2n1CCOC. The lowest BCUT2D eigenvalue weighted by atomic mass is 10.0. The van der Waals surface area contributed by atoms with Gasteiger partial charge in [0.25, 0.3) is 11.6 Å². The second-order valence-corrected chi connectivity index (χ2v) is 9.58. The summed E-state index contributed by atoms with van der Waals surface area (Å²) < 4.78 is 7.67. The average molecular weight is 481 g/mol. The van der Waals surface area contributed by atoms with E-state index in [1.54, 1.807) is 13.2 Å². The number of nitro groups is 1. The zero-order valence-corrected chi connectivity index (χ0v) is 20.0. The molecule has 1 aromatic carbocycles. The van der Waals surface area contributed by atoms with Crippen molar-refractivity contribution in [1.29, 1.82) is 0 Å². The quantitative estimate of drug-likeness (QED) is 0.403. The number of fused-ring (bicyclic) bond motifs is 1. The van der Waals surface area contributed by atoms with Gasteiger partial charge in [-0.2, -0.15) is 4.99 Å². The summed E-state index contributed by atoms with van der Waals surface area (Å²) in [6.07, 6.45) is 4.20. The molecule has 1 atom stereocenters. The van der Waals surface area contributed by atoms with Crippen molar-refractivity contribution in [3.8, 4) is 0 Å². The summed E-state index contributed by atoms with van der Waals surface area (Å²) in [4.78, 5) is 42.4. The standard InChI is InChI=1S/C21H28N4O5S2/c1-3-15-6-4-5-9-23(15)20(27)14-31-13-19(26)22-21-24(10-11-30-2)17-8-7-16(25(28)29)12-18(17)32-21/h7-8,12,15H,3-6,9-11,13-14H2,1-2H3. The molecule has 0 N–H and O–H groups in total. The summed E-state index contributed by atoms with van der Waals surface area (Å²) in [6.45, 7) is 3.79. The third-order valence-electron chi connectivity index (χ3n) is 5.49. The van der Waals surface area contributed by atoms with E-state index < -0.39 is 4.92 Å². The van der Waals surface area contributed by atoms with Crippen LogP contribution in [0.25, 0.3) is 10.2 Å². The topological polar surface area (TPSA) is 107 Å². The second kappa shape index (κ2) is 11.6. The minimum absolute atomic E-state index is 0.00678. The lowest BCUT2D eigenvalue weighted by Gasteiger charge is -2.35. The van der Waals surface area contributed by atoms with Gasteiger partial charge in [-0.1, -0.05) is 18.3 Å². The highest BCUT2D eigenvalue weighted by Gasteiger charge is 2.25. The first-order valence-electron chi connectivity index (χ1n) is 10.7. The minimum Gasteiger partial charge on any atom is -0.383 e. The molecule has 1 aliphatic heterocycles. The molecule has 32 heavy (non-hydrogen) atoms. The van der Waals surface area contributed by atoms with E-state index in [1.807, 2.05) is 9.47 Å². The van der Waals surface area contributed by atoms with Crippen molar-refractivity contribution in [3.05, 3.63) is 33.1 Å². The van der Waals surface area contributed by atoms with E-state index in [0.29, 0.717) is 28.7 Å². The van der Waals surface area contributed by atoms with Crippen LogP contribution in [-0.4, -0.2) is 64.0 Å². The van der Waals surface area contributed by atoms with Gasteiger partial charge in [0.05, 0.1) is 33.3 Å². The van der Waals surface area contributed by atoms with Crippen LogP contribution in [0.4, 0.5) is 5.69 Å². The van der Waals surface area contributed by atoms with Gasteiger partial charge in [0, 0.05) is 38.4 Å². The number of methoxy groups -OCH3 is 1. The third-order valence-corrected chi connectivity index (χ3v) is 7.43. The molecule has 3 rings (SSSR count). The third kappa shape index (κ3) is 5.96. The number of likely N-dealkylation sites (tertiary alicyclic amines) is 1. The maximum Gasteiger partial charge on any atom is 0.270 e. The van der Waals surface area contributed by atoms with Crippen molar-refractivity contribution in [3.63, 3.8) is 0 Å². The molecule has 1 saturated heterocycles.